The fraction of sp³-hybridized carbons (Fsp3) is 0.214. The number of nitrogens with zero attached hydrogens (tertiary/aromatic N) is 1. The number of aliphatic carboxylic acids is 1. The van der Waals surface area contributed by atoms with Crippen molar-refractivity contribution in [1.82, 2.24) is 0 Å². The van der Waals surface area contributed by atoms with E-state index in [1.807, 2.05) is 12.1 Å². The molecule has 3 N–H and O–H groups in total. The second kappa shape index (κ2) is 11.6. The molecule has 0 saturated heterocycles. The van der Waals surface area contributed by atoms with Gasteiger partial charge in [0.1, 0.15) is 17.4 Å². The molecule has 2 atom stereocenters. The maximum atomic E-state index is 13.0. The quantitative estimate of drug-likeness (QED) is 0.184. The zero-order chi connectivity index (χ0) is 28.4. The smallest absolute Gasteiger partial charge is 0.327 e. The summed E-state index contributed by atoms with van der Waals surface area (Å²) >= 11 is 0.938. The summed E-state index contributed by atoms with van der Waals surface area (Å²) in [5.41, 5.74) is 3.73. The van der Waals surface area contributed by atoms with Crippen LogP contribution in [0.4, 0.5) is 11.4 Å². The molecule has 4 rings (SSSR count). The second-order valence-electron chi connectivity index (χ2n) is 9.17. The number of ether oxygens (including phenoxy) is 1. The first-order valence-corrected chi connectivity index (χ1v) is 13.8. The first kappa shape index (κ1) is 28.3. The van der Waals surface area contributed by atoms with Crippen molar-refractivity contribution < 1.29 is 32.6 Å². The summed E-state index contributed by atoms with van der Waals surface area (Å²) in [4.78, 5) is 24.7. The largest absolute Gasteiger partial charge is 0.495 e. The molecule has 0 fully saturated rings. The minimum Gasteiger partial charge on any atom is -0.495 e. The van der Waals surface area contributed by atoms with Crippen LogP contribution in [0.5, 0.6) is 5.75 Å². The number of carbonyl (C=O) groups is 2. The molecule has 3 aromatic carbocycles. The summed E-state index contributed by atoms with van der Waals surface area (Å²) in [6.45, 7) is 5.16. The summed E-state index contributed by atoms with van der Waals surface area (Å²) < 4.78 is 34.8. The number of nitrogens with one attached hydrogen (secondary N) is 1. The lowest BCUT2D eigenvalue weighted by molar-refractivity contribution is -0.139. The third-order valence-electron chi connectivity index (χ3n) is 6.31. The molecule has 1 amide bonds. The average Bonchev–Trinajstić information content (AvgIpc) is 3.23. The van der Waals surface area contributed by atoms with Gasteiger partial charge in [-0.3, -0.25) is 13.7 Å². The number of amides is 1. The van der Waals surface area contributed by atoms with E-state index in [2.05, 4.69) is 21.2 Å². The van der Waals surface area contributed by atoms with Crippen molar-refractivity contribution in [2.45, 2.75) is 26.8 Å². The van der Waals surface area contributed by atoms with Gasteiger partial charge in [0.15, 0.2) is 5.76 Å². The summed E-state index contributed by atoms with van der Waals surface area (Å²) in [5.74, 6) is -1.19. The summed E-state index contributed by atoms with van der Waals surface area (Å²) in [5, 5.41) is 13.2. The van der Waals surface area contributed by atoms with Crippen LogP contribution in [0.3, 0.4) is 0 Å². The summed E-state index contributed by atoms with van der Waals surface area (Å²) in [7, 11) is 1.56. The number of fused-ring (bicyclic) bond motifs is 1. The average molecular weight is 616 g/mol. The molecule has 0 bridgehead atoms. The van der Waals surface area contributed by atoms with E-state index in [4.69, 9.17) is 9.15 Å². The lowest BCUT2D eigenvalue weighted by Gasteiger charge is -2.29. The Bertz CT molecular complexity index is 1550. The predicted molar refractivity (Wildman–Crippen MR) is 155 cm³/mol. The molecule has 1 aromatic heterocycles. The molecular weight excluding hydrogens is 588 g/mol. The van der Waals surface area contributed by atoms with E-state index >= 15 is 0 Å². The number of carboxylic acid groups (broad SMARTS) is 1. The van der Waals surface area contributed by atoms with Crippen LogP contribution in [-0.2, 0) is 16.1 Å². The summed E-state index contributed by atoms with van der Waals surface area (Å²) in [6.07, 6.45) is 0. The van der Waals surface area contributed by atoms with Gasteiger partial charge in [0.25, 0.3) is 17.2 Å². The molecule has 11 heteroatoms. The topological polar surface area (TPSA) is 129 Å². The van der Waals surface area contributed by atoms with Gasteiger partial charge in [-0.2, -0.15) is 0 Å². The van der Waals surface area contributed by atoms with E-state index in [9.17, 15) is 23.5 Å². The van der Waals surface area contributed by atoms with Gasteiger partial charge in [-0.25, -0.2) is 9.00 Å². The van der Waals surface area contributed by atoms with E-state index in [0.29, 0.717) is 28.3 Å². The molecule has 0 aliphatic rings. The number of hydrogen-bond donors (Lipinski definition) is 3. The molecular formula is C28H27BrN2O7S. The Morgan fingerprint density at radius 1 is 1.03 bits per heavy atom. The Hall–Kier alpha value is -3.67. The fourth-order valence-electron chi connectivity index (χ4n) is 4.43. The van der Waals surface area contributed by atoms with E-state index in [1.54, 1.807) is 76.4 Å². The van der Waals surface area contributed by atoms with Gasteiger partial charge >= 0.3 is 5.97 Å². The van der Waals surface area contributed by atoms with Crippen molar-refractivity contribution >= 4 is 61.4 Å². The van der Waals surface area contributed by atoms with E-state index < -0.39 is 35.1 Å². The molecule has 204 valence electrons. The maximum Gasteiger partial charge on any atom is 0.327 e. The Kier molecular flexibility index (Phi) is 8.43. The third kappa shape index (κ3) is 5.70. The highest BCUT2D eigenvalue weighted by Crippen LogP contribution is 2.38. The Labute approximate surface area is 236 Å². The lowest BCUT2D eigenvalue weighted by atomic mass is 10.0. The van der Waals surface area contributed by atoms with Crippen LogP contribution in [0.25, 0.3) is 22.1 Å². The first-order valence-electron chi connectivity index (χ1n) is 11.9. The highest BCUT2D eigenvalue weighted by atomic mass is 79.9. The number of carboxylic acids is 1. The molecule has 39 heavy (non-hydrogen) atoms. The van der Waals surface area contributed by atoms with Gasteiger partial charge in [0.05, 0.1) is 22.7 Å². The fourth-order valence-corrected chi connectivity index (χ4v) is 5.76. The number of carbonyl (C=O) groups excluding carboxylic acids is 1. The monoisotopic (exact) mass is 614 g/mol. The number of hydrogen-bond acceptors (Lipinski definition) is 5. The van der Waals surface area contributed by atoms with Crippen LogP contribution in [0.1, 0.15) is 30.0 Å². The minimum atomic E-state index is -2.52. The first-order chi connectivity index (χ1) is 18.5. The number of rotatable bonds is 9. The minimum absolute atomic E-state index is 0.188. The number of benzene rings is 3. The number of furan rings is 1. The van der Waals surface area contributed by atoms with Crippen LogP contribution in [0, 0.1) is 12.8 Å². The van der Waals surface area contributed by atoms with Crippen LogP contribution in [0.15, 0.2) is 69.6 Å². The van der Waals surface area contributed by atoms with Crippen molar-refractivity contribution in [3.63, 3.8) is 0 Å². The standard InChI is InChI=1S/C28H27BrN2O7S/c1-15(2)24(28(33)34)31(39(35)36)20-11-7-18(8-12-20)17-5-9-19(10-6-17)30-27(32)25-16(3)23-22(38-25)14-13-21(29)26(23)37-4/h5-15,24H,1-4H3,(H,30,32)(H,33,34)(H,35,36). The SMILES string of the molecule is COc1c(Br)ccc2oc(C(=O)Nc3ccc(-c4ccc(N(C(C(=O)O)C(C)C)S(=O)O)cc4)cc3)c(C)c12. The van der Waals surface area contributed by atoms with E-state index in [0.717, 1.165) is 25.3 Å². The maximum absolute atomic E-state index is 13.0. The molecule has 0 radical (unpaired) electrons. The normalized spacial score (nSPS) is 12.8. The Balaban J connectivity index is 1.53. The molecule has 0 saturated carbocycles. The highest BCUT2D eigenvalue weighted by molar-refractivity contribution is 9.10. The van der Waals surface area contributed by atoms with Gasteiger partial charge in [-0.15, -0.1) is 0 Å². The van der Waals surface area contributed by atoms with Crippen molar-refractivity contribution in [3.05, 3.63) is 76.5 Å². The van der Waals surface area contributed by atoms with Gasteiger partial charge in [0.2, 0.25) is 0 Å². The molecule has 0 spiro atoms. The van der Waals surface area contributed by atoms with Crippen LogP contribution >= 0.6 is 15.9 Å². The van der Waals surface area contributed by atoms with Crippen molar-refractivity contribution in [2.24, 2.45) is 5.92 Å². The van der Waals surface area contributed by atoms with Gasteiger partial charge in [0, 0.05) is 11.3 Å². The molecule has 2 unspecified atom stereocenters. The van der Waals surface area contributed by atoms with Gasteiger partial charge < -0.3 is 19.6 Å². The van der Waals surface area contributed by atoms with Crippen LogP contribution in [0.2, 0.25) is 0 Å². The van der Waals surface area contributed by atoms with Gasteiger partial charge in [-0.05, 0) is 76.3 Å². The van der Waals surface area contributed by atoms with Crippen LogP contribution < -0.4 is 14.4 Å². The van der Waals surface area contributed by atoms with Crippen molar-refractivity contribution in [1.29, 1.82) is 0 Å². The van der Waals surface area contributed by atoms with Crippen LogP contribution in [-0.4, -0.2) is 38.9 Å². The molecule has 0 aliphatic heterocycles. The lowest BCUT2D eigenvalue weighted by Crippen LogP contribution is -2.45. The molecule has 0 aliphatic carbocycles. The third-order valence-corrected chi connectivity index (χ3v) is 7.71. The second-order valence-corrected chi connectivity index (χ2v) is 10.9. The Morgan fingerprint density at radius 3 is 2.13 bits per heavy atom. The molecule has 4 aromatic rings. The predicted octanol–water partition coefficient (Wildman–Crippen LogP) is 6.48. The number of anilines is 2. The number of methoxy groups -OCH3 is 1. The number of halogens is 1. The highest BCUT2D eigenvalue weighted by Gasteiger charge is 2.32. The van der Waals surface area contributed by atoms with Crippen molar-refractivity contribution in [2.75, 3.05) is 16.7 Å². The van der Waals surface area contributed by atoms with Crippen molar-refractivity contribution in [3.8, 4) is 16.9 Å². The van der Waals surface area contributed by atoms with Gasteiger partial charge in [-0.1, -0.05) is 38.1 Å². The zero-order valence-electron chi connectivity index (χ0n) is 21.6. The number of aryl methyl sites for hydroxylation is 1. The van der Waals surface area contributed by atoms with E-state index in [-0.39, 0.29) is 5.76 Å². The van der Waals surface area contributed by atoms with E-state index in [1.165, 1.54) is 0 Å². The molecule has 1 heterocycles. The molecule has 9 nitrogen and oxygen atoms in total. The summed E-state index contributed by atoms with van der Waals surface area (Å²) in [6, 6.07) is 16.3. The zero-order valence-corrected chi connectivity index (χ0v) is 24.0. The Morgan fingerprint density at radius 2 is 1.62 bits per heavy atom.